The molecule has 1 atom stereocenters. The summed E-state index contributed by atoms with van der Waals surface area (Å²) in [5.74, 6) is -3.25. The van der Waals surface area contributed by atoms with E-state index in [4.69, 9.17) is 5.26 Å². The lowest BCUT2D eigenvalue weighted by molar-refractivity contribution is 0.0968. The van der Waals surface area contributed by atoms with Gasteiger partial charge in [-0.25, -0.2) is 8.78 Å². The van der Waals surface area contributed by atoms with Crippen LogP contribution in [0.2, 0.25) is 0 Å². The van der Waals surface area contributed by atoms with Gasteiger partial charge in [-0.05, 0) is 19.1 Å². The van der Waals surface area contributed by atoms with Crippen molar-refractivity contribution in [1.29, 1.82) is 5.26 Å². The minimum absolute atomic E-state index is 0.100. The van der Waals surface area contributed by atoms with Gasteiger partial charge < -0.3 is 0 Å². The van der Waals surface area contributed by atoms with Crippen molar-refractivity contribution in [2.24, 2.45) is 5.92 Å². The maximum absolute atomic E-state index is 13.1. The molecule has 0 N–H and O–H groups in total. The molecule has 0 amide bonds. The SMILES string of the molecule is CC(C#N)CC(=O)c1cccc(F)c1F. The van der Waals surface area contributed by atoms with E-state index < -0.39 is 23.3 Å². The van der Waals surface area contributed by atoms with Crippen LogP contribution in [0.5, 0.6) is 0 Å². The van der Waals surface area contributed by atoms with E-state index in [1.54, 1.807) is 6.92 Å². The fourth-order valence-electron chi connectivity index (χ4n) is 1.15. The smallest absolute Gasteiger partial charge is 0.169 e. The van der Waals surface area contributed by atoms with Crippen molar-refractivity contribution in [2.45, 2.75) is 13.3 Å². The number of hydrogen-bond donors (Lipinski definition) is 0. The Bertz CT molecular complexity index is 423. The van der Waals surface area contributed by atoms with Crippen molar-refractivity contribution in [1.82, 2.24) is 0 Å². The summed E-state index contributed by atoms with van der Waals surface area (Å²) in [7, 11) is 0. The van der Waals surface area contributed by atoms with Gasteiger partial charge in [0.15, 0.2) is 17.4 Å². The molecule has 2 nitrogen and oxygen atoms in total. The largest absolute Gasteiger partial charge is 0.294 e. The Morgan fingerprint density at radius 1 is 1.53 bits per heavy atom. The van der Waals surface area contributed by atoms with Gasteiger partial charge in [0.2, 0.25) is 0 Å². The number of nitrogens with zero attached hydrogens (tertiary/aromatic N) is 1. The normalized spacial score (nSPS) is 11.9. The van der Waals surface area contributed by atoms with Gasteiger partial charge in [0.1, 0.15) is 0 Å². The summed E-state index contributed by atoms with van der Waals surface area (Å²) in [6, 6.07) is 5.29. The Morgan fingerprint density at radius 3 is 2.80 bits per heavy atom. The van der Waals surface area contributed by atoms with Crippen LogP contribution in [0, 0.1) is 28.9 Å². The van der Waals surface area contributed by atoms with Crippen molar-refractivity contribution in [3.05, 3.63) is 35.4 Å². The second-order valence-corrected chi connectivity index (χ2v) is 3.26. The number of rotatable bonds is 3. The summed E-state index contributed by atoms with van der Waals surface area (Å²) >= 11 is 0. The highest BCUT2D eigenvalue weighted by Gasteiger charge is 2.16. The van der Waals surface area contributed by atoms with Gasteiger partial charge >= 0.3 is 0 Å². The predicted molar refractivity (Wildman–Crippen MR) is 50.1 cm³/mol. The molecule has 0 aliphatic rings. The number of carbonyl (C=O) groups excluding carboxylic acids is 1. The standard InChI is InChI=1S/C11H9F2NO/c1-7(6-14)5-10(15)8-3-2-4-9(12)11(8)13/h2-4,7H,5H2,1H3. The molecule has 0 saturated heterocycles. The Hall–Kier alpha value is -1.76. The second-order valence-electron chi connectivity index (χ2n) is 3.26. The van der Waals surface area contributed by atoms with Gasteiger partial charge in [-0.1, -0.05) is 6.07 Å². The van der Waals surface area contributed by atoms with Crippen LogP contribution in [0.25, 0.3) is 0 Å². The summed E-state index contributed by atoms with van der Waals surface area (Å²) in [4.78, 5) is 11.4. The third-order valence-corrected chi connectivity index (χ3v) is 1.96. The van der Waals surface area contributed by atoms with Crippen LogP contribution in [-0.4, -0.2) is 5.78 Å². The van der Waals surface area contributed by atoms with Crippen molar-refractivity contribution in [3.63, 3.8) is 0 Å². The Kier molecular flexibility index (Phi) is 3.51. The Labute approximate surface area is 86.1 Å². The summed E-state index contributed by atoms with van der Waals surface area (Å²) in [6.45, 7) is 1.55. The highest BCUT2D eigenvalue weighted by atomic mass is 19.2. The molecule has 1 unspecified atom stereocenters. The summed E-state index contributed by atoms with van der Waals surface area (Å²) < 4.78 is 25.9. The zero-order valence-corrected chi connectivity index (χ0v) is 8.13. The first kappa shape index (κ1) is 11.3. The van der Waals surface area contributed by atoms with Crippen LogP contribution >= 0.6 is 0 Å². The van der Waals surface area contributed by atoms with Gasteiger partial charge in [0.25, 0.3) is 0 Å². The van der Waals surface area contributed by atoms with E-state index >= 15 is 0 Å². The summed E-state index contributed by atoms with van der Waals surface area (Å²) in [6.07, 6.45) is -0.100. The van der Waals surface area contributed by atoms with E-state index in [1.165, 1.54) is 12.1 Å². The van der Waals surface area contributed by atoms with E-state index in [0.717, 1.165) is 6.07 Å². The molecule has 78 valence electrons. The van der Waals surface area contributed by atoms with Crippen LogP contribution in [0.1, 0.15) is 23.7 Å². The molecule has 0 aliphatic carbocycles. The molecular weight excluding hydrogens is 200 g/mol. The molecule has 1 aromatic carbocycles. The average molecular weight is 209 g/mol. The zero-order valence-electron chi connectivity index (χ0n) is 8.13. The van der Waals surface area contributed by atoms with Crippen LogP contribution in [0.4, 0.5) is 8.78 Å². The van der Waals surface area contributed by atoms with Crippen molar-refractivity contribution in [3.8, 4) is 6.07 Å². The first-order valence-corrected chi connectivity index (χ1v) is 4.43. The molecular formula is C11H9F2NO. The van der Waals surface area contributed by atoms with Gasteiger partial charge in [-0.15, -0.1) is 0 Å². The molecule has 1 rings (SSSR count). The number of ketones is 1. The maximum atomic E-state index is 13.1. The monoisotopic (exact) mass is 209 g/mol. The number of halogens is 2. The molecule has 0 aliphatic heterocycles. The third kappa shape index (κ3) is 2.59. The minimum atomic E-state index is -1.15. The third-order valence-electron chi connectivity index (χ3n) is 1.96. The quantitative estimate of drug-likeness (QED) is 0.718. The summed E-state index contributed by atoms with van der Waals surface area (Å²) in [5.41, 5.74) is -0.294. The second kappa shape index (κ2) is 4.65. The lowest BCUT2D eigenvalue weighted by Gasteiger charge is -2.03. The molecule has 1 aromatic rings. The van der Waals surface area contributed by atoms with Crippen LogP contribution in [0.15, 0.2) is 18.2 Å². The lowest BCUT2D eigenvalue weighted by atomic mass is 10.0. The van der Waals surface area contributed by atoms with Crippen LogP contribution < -0.4 is 0 Å². The number of nitriles is 1. The van der Waals surface area contributed by atoms with Crippen molar-refractivity contribution < 1.29 is 13.6 Å². The highest BCUT2D eigenvalue weighted by Crippen LogP contribution is 2.15. The number of carbonyl (C=O) groups is 1. The van der Waals surface area contributed by atoms with Gasteiger partial charge in [-0.2, -0.15) is 5.26 Å². The molecule has 0 fully saturated rings. The van der Waals surface area contributed by atoms with Gasteiger partial charge in [0, 0.05) is 6.42 Å². The van der Waals surface area contributed by atoms with Crippen molar-refractivity contribution >= 4 is 5.78 Å². The lowest BCUT2D eigenvalue weighted by Crippen LogP contribution is -2.07. The molecule has 0 spiro atoms. The number of Topliss-reactive ketones (excluding diaryl/α,β-unsaturated/α-hetero) is 1. The minimum Gasteiger partial charge on any atom is -0.294 e. The molecule has 0 bridgehead atoms. The highest BCUT2D eigenvalue weighted by molar-refractivity contribution is 5.96. The first-order valence-electron chi connectivity index (χ1n) is 4.43. The van der Waals surface area contributed by atoms with E-state index in [1.807, 2.05) is 6.07 Å². The van der Waals surface area contributed by atoms with Crippen molar-refractivity contribution in [2.75, 3.05) is 0 Å². The predicted octanol–water partition coefficient (Wildman–Crippen LogP) is 2.70. The molecule has 0 aromatic heterocycles. The van der Waals surface area contributed by atoms with Gasteiger partial charge in [-0.3, -0.25) is 4.79 Å². The zero-order chi connectivity index (χ0) is 11.4. The van der Waals surface area contributed by atoms with E-state index in [-0.39, 0.29) is 12.0 Å². The fraction of sp³-hybridized carbons (Fsp3) is 0.273. The number of benzene rings is 1. The van der Waals surface area contributed by atoms with E-state index in [2.05, 4.69) is 0 Å². The summed E-state index contributed by atoms with van der Waals surface area (Å²) in [5, 5.41) is 8.48. The first-order chi connectivity index (χ1) is 7.06. The number of hydrogen-bond acceptors (Lipinski definition) is 2. The average Bonchev–Trinajstić information content (AvgIpc) is 2.21. The van der Waals surface area contributed by atoms with Crippen LogP contribution in [-0.2, 0) is 0 Å². The Balaban J connectivity index is 2.93. The molecule has 0 radical (unpaired) electrons. The Morgan fingerprint density at radius 2 is 2.20 bits per heavy atom. The van der Waals surface area contributed by atoms with Crippen LogP contribution in [0.3, 0.4) is 0 Å². The fourth-order valence-corrected chi connectivity index (χ4v) is 1.15. The van der Waals surface area contributed by atoms with Gasteiger partial charge in [0.05, 0.1) is 17.6 Å². The molecule has 4 heteroatoms. The molecule has 15 heavy (non-hydrogen) atoms. The maximum Gasteiger partial charge on any atom is 0.169 e. The molecule has 0 saturated carbocycles. The molecule has 0 heterocycles. The van der Waals surface area contributed by atoms with E-state index in [9.17, 15) is 13.6 Å². The van der Waals surface area contributed by atoms with E-state index in [0.29, 0.717) is 0 Å². The topological polar surface area (TPSA) is 40.9 Å².